The minimum atomic E-state index is -5.23. The van der Waals surface area contributed by atoms with E-state index in [1.807, 2.05) is 0 Å². The highest BCUT2D eigenvalue weighted by Crippen LogP contribution is 2.48. The Balaban J connectivity index is 2.07. The van der Waals surface area contributed by atoms with Crippen molar-refractivity contribution in [3.05, 3.63) is 46.1 Å². The zero-order valence-electron chi connectivity index (χ0n) is 22.3. The minimum Gasteiger partial charge on any atom is -0.465 e. The third kappa shape index (κ3) is 6.12. The zero-order valence-corrected chi connectivity index (χ0v) is 23.8. The molecule has 8 nitrogen and oxygen atoms in total. The van der Waals surface area contributed by atoms with Crippen molar-refractivity contribution >= 4 is 51.5 Å². The number of benzene rings is 1. The predicted octanol–water partition coefficient (Wildman–Crippen LogP) is 5.99. The number of carbonyl (C=O) groups is 3. The summed E-state index contributed by atoms with van der Waals surface area (Å²) < 4.78 is 121. The molecule has 0 spiro atoms. The Kier molecular flexibility index (Phi) is 9.37. The second-order valence-electron chi connectivity index (χ2n) is 9.49. The van der Waals surface area contributed by atoms with Gasteiger partial charge in [-0.3, -0.25) is 9.59 Å². The molecule has 2 aromatic rings. The molecule has 2 unspecified atom stereocenters. The Morgan fingerprint density at radius 2 is 1.79 bits per heavy atom. The lowest BCUT2D eigenvalue weighted by atomic mass is 9.92. The second-order valence-corrected chi connectivity index (χ2v) is 10.2. The molecule has 0 bridgehead atoms. The van der Waals surface area contributed by atoms with E-state index in [-0.39, 0.29) is 12.0 Å². The van der Waals surface area contributed by atoms with Crippen LogP contribution in [-0.4, -0.2) is 78.0 Å². The van der Waals surface area contributed by atoms with Crippen molar-refractivity contribution in [1.29, 1.82) is 0 Å². The van der Waals surface area contributed by atoms with Crippen molar-refractivity contribution in [2.45, 2.75) is 37.4 Å². The molecule has 0 radical (unpaired) electrons. The van der Waals surface area contributed by atoms with E-state index in [4.69, 9.17) is 27.7 Å². The number of alkyl halides is 7. The number of ketones is 1. The number of methoxy groups -OCH3 is 1. The van der Waals surface area contributed by atoms with Crippen LogP contribution in [0.3, 0.4) is 0 Å². The number of esters is 1. The van der Waals surface area contributed by atoms with Crippen LogP contribution >= 0.6 is 23.2 Å². The Morgan fingerprint density at radius 3 is 2.28 bits per heavy atom. The van der Waals surface area contributed by atoms with Crippen LogP contribution in [-0.2, 0) is 20.7 Å². The number of allylic oxidation sites excluding steroid dienone is 1. The van der Waals surface area contributed by atoms with Crippen LogP contribution < -0.4 is 0 Å². The van der Waals surface area contributed by atoms with Crippen molar-refractivity contribution in [2.24, 2.45) is 10.9 Å². The van der Waals surface area contributed by atoms with Crippen molar-refractivity contribution in [2.75, 3.05) is 21.2 Å². The number of aromatic nitrogens is 1. The Hall–Kier alpha value is -3.53. The maximum atomic E-state index is 15.4. The first kappa shape index (κ1) is 34.0. The average Bonchev–Trinajstić information content (AvgIpc) is 3.44. The third-order valence-electron chi connectivity index (χ3n) is 6.11. The van der Waals surface area contributed by atoms with Gasteiger partial charge in [0, 0.05) is 26.2 Å². The van der Waals surface area contributed by atoms with Crippen LogP contribution in [0.5, 0.6) is 0 Å². The van der Waals surface area contributed by atoms with E-state index in [2.05, 4.69) is 14.9 Å². The SMILES string of the molecule is COC(=O)c1c(-c2c(F)cc(CC(C)C3=NC3(F)C(F)(F)C(=O)Cl)cc2Cl)noc1/C(=C/N(C)C)C(=O)C(F)(F)C(F)F. The van der Waals surface area contributed by atoms with E-state index in [0.29, 0.717) is 6.20 Å². The molecule has 1 aromatic heterocycles. The number of ether oxygens (including phenoxy) is 1. The lowest BCUT2D eigenvalue weighted by Crippen LogP contribution is -2.44. The lowest BCUT2D eigenvalue weighted by molar-refractivity contribution is -0.160. The molecule has 0 saturated carbocycles. The molecule has 3 rings (SSSR count). The highest BCUT2D eigenvalue weighted by molar-refractivity contribution is 6.65. The van der Waals surface area contributed by atoms with Gasteiger partial charge in [-0.15, -0.1) is 0 Å². The van der Waals surface area contributed by atoms with E-state index >= 15 is 4.39 Å². The van der Waals surface area contributed by atoms with Crippen molar-refractivity contribution in [3.8, 4) is 11.3 Å². The van der Waals surface area contributed by atoms with Gasteiger partial charge in [0.15, 0.2) is 5.76 Å². The van der Waals surface area contributed by atoms with Gasteiger partial charge in [-0.05, 0) is 35.7 Å². The van der Waals surface area contributed by atoms with E-state index in [1.54, 1.807) is 0 Å². The summed E-state index contributed by atoms with van der Waals surface area (Å²) in [6, 6.07) is 1.85. The van der Waals surface area contributed by atoms with Gasteiger partial charge in [0.05, 0.1) is 29.0 Å². The Morgan fingerprint density at radius 1 is 1.19 bits per heavy atom. The normalized spacial score (nSPS) is 17.9. The van der Waals surface area contributed by atoms with Crippen LogP contribution in [0.15, 0.2) is 27.8 Å². The number of nitrogens with zero attached hydrogens (tertiary/aromatic N) is 3. The molecular weight excluding hydrogens is 645 g/mol. The largest absolute Gasteiger partial charge is 0.465 e. The molecule has 0 N–H and O–H groups in total. The Bertz CT molecular complexity index is 1520. The maximum absolute atomic E-state index is 15.4. The fourth-order valence-corrected chi connectivity index (χ4v) is 4.49. The van der Waals surface area contributed by atoms with E-state index in [0.717, 1.165) is 24.1 Å². The highest BCUT2D eigenvalue weighted by Gasteiger charge is 2.71. The summed E-state index contributed by atoms with van der Waals surface area (Å²) in [5, 5.41) is 0.684. The van der Waals surface area contributed by atoms with Crippen LogP contribution in [0, 0.1) is 11.7 Å². The smallest absolute Gasteiger partial charge is 0.378 e. The molecule has 18 heteroatoms. The average molecular weight is 664 g/mol. The first-order valence-electron chi connectivity index (χ1n) is 11.7. The number of rotatable bonds is 12. The second kappa shape index (κ2) is 11.9. The van der Waals surface area contributed by atoms with Gasteiger partial charge in [0.1, 0.15) is 17.1 Å². The molecule has 0 saturated heterocycles. The summed E-state index contributed by atoms with van der Waals surface area (Å²) in [5.74, 6) is -20.8. The molecule has 0 amide bonds. The van der Waals surface area contributed by atoms with Crippen LogP contribution in [0.4, 0.5) is 35.1 Å². The molecule has 1 aliphatic heterocycles. The van der Waals surface area contributed by atoms with Gasteiger partial charge in [-0.1, -0.05) is 23.7 Å². The summed E-state index contributed by atoms with van der Waals surface area (Å²) in [6.07, 6.45) is -4.14. The van der Waals surface area contributed by atoms with E-state index in [1.165, 1.54) is 21.0 Å². The van der Waals surface area contributed by atoms with Crippen LogP contribution in [0.25, 0.3) is 16.8 Å². The molecule has 1 aromatic carbocycles. The van der Waals surface area contributed by atoms with Gasteiger partial charge in [-0.2, -0.15) is 17.6 Å². The van der Waals surface area contributed by atoms with Gasteiger partial charge in [0.2, 0.25) is 5.78 Å². The molecule has 2 atom stereocenters. The van der Waals surface area contributed by atoms with Gasteiger partial charge in [0.25, 0.3) is 5.24 Å². The standard InChI is InChI=1S/C25H19Cl2F8N3O5/c1-9(18-25(35,36-18)24(33,34)21(27)41)5-10-6-12(26)14(13(28)7-10)16-15(20(40)42-4)17(43-37-16)11(8-38(2)3)19(39)23(31,32)22(29)30/h6-9,22H,5H2,1-4H3/b11-8-. The zero-order chi connectivity index (χ0) is 32.8. The van der Waals surface area contributed by atoms with Gasteiger partial charge in [-0.25, -0.2) is 27.3 Å². The summed E-state index contributed by atoms with van der Waals surface area (Å²) in [5.41, 5.74) is -4.33. The summed E-state index contributed by atoms with van der Waals surface area (Å²) in [6.45, 7) is 1.25. The van der Waals surface area contributed by atoms with Crippen LogP contribution in [0.2, 0.25) is 5.02 Å². The molecule has 43 heavy (non-hydrogen) atoms. The van der Waals surface area contributed by atoms with Crippen molar-refractivity contribution < 1.29 is 58.8 Å². The molecule has 1 aliphatic rings. The lowest BCUT2D eigenvalue weighted by Gasteiger charge is -2.17. The number of carbonyl (C=O) groups excluding carboxylic acids is 3. The molecule has 0 aliphatic carbocycles. The van der Waals surface area contributed by atoms with Crippen molar-refractivity contribution in [3.63, 3.8) is 0 Å². The number of hydrogen-bond acceptors (Lipinski definition) is 8. The minimum absolute atomic E-state index is 0.0144. The van der Waals surface area contributed by atoms with Crippen molar-refractivity contribution in [1.82, 2.24) is 10.1 Å². The maximum Gasteiger partial charge on any atom is 0.378 e. The first-order valence-corrected chi connectivity index (χ1v) is 12.5. The highest BCUT2D eigenvalue weighted by atomic mass is 35.5. The summed E-state index contributed by atoms with van der Waals surface area (Å²) >= 11 is 11.0. The first-order chi connectivity index (χ1) is 19.7. The number of hydrogen-bond donors (Lipinski definition) is 0. The quantitative estimate of drug-likeness (QED) is 0.0904. The molecular formula is C25H19Cl2F8N3O5. The fourth-order valence-electron chi connectivity index (χ4n) is 4.05. The topological polar surface area (TPSA) is 102 Å². The summed E-state index contributed by atoms with van der Waals surface area (Å²) in [7, 11) is 3.28. The molecule has 234 valence electrons. The van der Waals surface area contributed by atoms with E-state index < -0.39 is 91.7 Å². The monoisotopic (exact) mass is 663 g/mol. The van der Waals surface area contributed by atoms with Gasteiger partial charge < -0.3 is 14.2 Å². The van der Waals surface area contributed by atoms with Gasteiger partial charge >= 0.3 is 30.0 Å². The molecule has 0 fully saturated rings. The van der Waals surface area contributed by atoms with E-state index in [9.17, 15) is 45.1 Å². The number of halogens is 10. The summed E-state index contributed by atoms with van der Waals surface area (Å²) in [4.78, 5) is 40.1. The molecule has 2 heterocycles. The fraction of sp³-hybridized carbons (Fsp3) is 0.400. The third-order valence-corrected chi connectivity index (χ3v) is 6.64. The number of Topliss-reactive ketones (excluding diaryl/α,β-unsaturated/α-hetero) is 1. The number of aliphatic imine (C=N–C) groups is 1. The Labute approximate surface area is 247 Å². The predicted molar refractivity (Wildman–Crippen MR) is 136 cm³/mol. The van der Waals surface area contributed by atoms with Crippen LogP contribution in [0.1, 0.15) is 28.6 Å².